The molecule has 1 rings (SSSR count). The van der Waals surface area contributed by atoms with E-state index < -0.39 is 0 Å². The summed E-state index contributed by atoms with van der Waals surface area (Å²) in [6.07, 6.45) is 1.02. The van der Waals surface area contributed by atoms with Crippen LogP contribution in [0.25, 0.3) is 0 Å². The highest BCUT2D eigenvalue weighted by molar-refractivity contribution is 5.78. The summed E-state index contributed by atoms with van der Waals surface area (Å²) in [6, 6.07) is 7.77. The van der Waals surface area contributed by atoms with E-state index in [1.807, 2.05) is 43.3 Å². The summed E-state index contributed by atoms with van der Waals surface area (Å²) in [4.78, 5) is 27.3. The number of nitrogens with one attached hydrogen (secondary N) is 1. The van der Waals surface area contributed by atoms with Crippen molar-refractivity contribution in [2.45, 2.75) is 19.8 Å². The number of carbonyl (C=O) groups is 2. The van der Waals surface area contributed by atoms with Crippen molar-refractivity contribution in [3.05, 3.63) is 29.8 Å². The number of hydrogen-bond donors (Lipinski definition) is 1. The molecule has 2 amide bonds. The van der Waals surface area contributed by atoms with Gasteiger partial charge in [-0.2, -0.15) is 0 Å². The highest BCUT2D eigenvalue weighted by Crippen LogP contribution is 2.18. The van der Waals surface area contributed by atoms with Gasteiger partial charge in [0.2, 0.25) is 11.8 Å². The zero-order valence-electron chi connectivity index (χ0n) is 15.2. The minimum atomic E-state index is -0.0274. The van der Waals surface area contributed by atoms with Gasteiger partial charge in [-0.1, -0.05) is 18.2 Å². The van der Waals surface area contributed by atoms with Crippen LogP contribution in [0.2, 0.25) is 0 Å². The number of methoxy groups -OCH3 is 1. The molecule has 6 heteroatoms. The maximum Gasteiger partial charge on any atom is 0.221 e. The Morgan fingerprint density at radius 2 is 1.83 bits per heavy atom. The van der Waals surface area contributed by atoms with Crippen molar-refractivity contribution in [2.24, 2.45) is 0 Å². The molecule has 0 radical (unpaired) electrons. The van der Waals surface area contributed by atoms with Crippen LogP contribution in [0.3, 0.4) is 0 Å². The van der Waals surface area contributed by atoms with Crippen LogP contribution in [-0.4, -0.2) is 69.0 Å². The van der Waals surface area contributed by atoms with E-state index in [2.05, 4.69) is 5.32 Å². The molecule has 0 aromatic heterocycles. The van der Waals surface area contributed by atoms with Crippen LogP contribution >= 0.6 is 0 Å². The summed E-state index contributed by atoms with van der Waals surface area (Å²) in [5, 5.41) is 2.86. The van der Waals surface area contributed by atoms with Gasteiger partial charge in [0.15, 0.2) is 0 Å². The lowest BCUT2D eigenvalue weighted by Crippen LogP contribution is -2.36. The predicted octanol–water partition coefficient (Wildman–Crippen LogP) is 1.15. The molecular weight excluding hydrogens is 306 g/mol. The second kappa shape index (κ2) is 10.6. The van der Waals surface area contributed by atoms with E-state index >= 15 is 0 Å². The van der Waals surface area contributed by atoms with Gasteiger partial charge in [-0.15, -0.1) is 0 Å². The van der Waals surface area contributed by atoms with E-state index in [1.54, 1.807) is 12.0 Å². The molecule has 0 aliphatic heterocycles. The zero-order chi connectivity index (χ0) is 17.9. The molecule has 0 saturated carbocycles. The average Bonchev–Trinajstić information content (AvgIpc) is 2.54. The number of ether oxygens (including phenoxy) is 1. The first-order chi connectivity index (χ1) is 11.4. The number of para-hydroxylation sites is 1. The SMILES string of the molecule is COc1ccccc1CCN(CCC(=O)NCCN(C)C)C(C)=O. The third-order valence-corrected chi connectivity index (χ3v) is 3.78. The van der Waals surface area contributed by atoms with Gasteiger partial charge in [0, 0.05) is 39.5 Å². The Bertz CT molecular complexity index is 532. The fraction of sp³-hybridized carbons (Fsp3) is 0.556. The molecular formula is C18H29N3O3. The number of hydrogen-bond acceptors (Lipinski definition) is 4. The molecule has 1 aromatic rings. The van der Waals surface area contributed by atoms with Gasteiger partial charge < -0.3 is 19.9 Å². The Labute approximate surface area is 144 Å². The van der Waals surface area contributed by atoms with Crippen molar-refractivity contribution >= 4 is 11.8 Å². The third kappa shape index (κ3) is 7.46. The Morgan fingerprint density at radius 1 is 1.12 bits per heavy atom. The Kier molecular flexibility index (Phi) is 8.86. The fourth-order valence-electron chi connectivity index (χ4n) is 2.34. The average molecular weight is 335 g/mol. The molecule has 0 spiro atoms. The largest absolute Gasteiger partial charge is 0.496 e. The highest BCUT2D eigenvalue weighted by Gasteiger charge is 2.12. The van der Waals surface area contributed by atoms with Gasteiger partial charge in [-0.3, -0.25) is 9.59 Å². The number of benzene rings is 1. The first kappa shape index (κ1) is 20.0. The number of nitrogens with zero attached hydrogens (tertiary/aromatic N) is 2. The maximum atomic E-state index is 11.8. The molecule has 24 heavy (non-hydrogen) atoms. The van der Waals surface area contributed by atoms with Gasteiger partial charge in [-0.25, -0.2) is 0 Å². The lowest BCUT2D eigenvalue weighted by atomic mass is 10.1. The first-order valence-electron chi connectivity index (χ1n) is 8.23. The van der Waals surface area contributed by atoms with Crippen LogP contribution in [0.1, 0.15) is 18.9 Å². The number of carbonyl (C=O) groups excluding carboxylic acids is 2. The van der Waals surface area contributed by atoms with Crippen molar-refractivity contribution < 1.29 is 14.3 Å². The van der Waals surface area contributed by atoms with Crippen LogP contribution in [-0.2, 0) is 16.0 Å². The second-order valence-corrected chi connectivity index (χ2v) is 5.97. The van der Waals surface area contributed by atoms with E-state index in [0.717, 1.165) is 17.9 Å². The molecule has 0 heterocycles. The fourth-order valence-corrected chi connectivity index (χ4v) is 2.34. The number of rotatable bonds is 10. The first-order valence-corrected chi connectivity index (χ1v) is 8.23. The molecule has 0 fully saturated rings. The van der Waals surface area contributed by atoms with E-state index in [4.69, 9.17) is 4.74 Å². The topological polar surface area (TPSA) is 61.9 Å². The van der Waals surface area contributed by atoms with E-state index in [1.165, 1.54) is 6.92 Å². The molecule has 134 valence electrons. The highest BCUT2D eigenvalue weighted by atomic mass is 16.5. The second-order valence-electron chi connectivity index (χ2n) is 5.97. The van der Waals surface area contributed by atoms with Crippen LogP contribution in [0.15, 0.2) is 24.3 Å². The van der Waals surface area contributed by atoms with Gasteiger partial charge in [0.1, 0.15) is 5.75 Å². The summed E-state index contributed by atoms with van der Waals surface area (Å²) in [7, 11) is 5.56. The van der Waals surface area contributed by atoms with Crippen molar-refractivity contribution in [3.63, 3.8) is 0 Å². The Morgan fingerprint density at radius 3 is 2.46 bits per heavy atom. The van der Waals surface area contributed by atoms with Gasteiger partial charge in [-0.05, 0) is 32.1 Å². The van der Waals surface area contributed by atoms with E-state index in [0.29, 0.717) is 32.5 Å². The van der Waals surface area contributed by atoms with E-state index in [-0.39, 0.29) is 11.8 Å². The molecule has 1 aromatic carbocycles. The van der Waals surface area contributed by atoms with Crippen LogP contribution in [0, 0.1) is 0 Å². The van der Waals surface area contributed by atoms with Crippen LogP contribution in [0.5, 0.6) is 5.75 Å². The van der Waals surface area contributed by atoms with Gasteiger partial charge in [0.25, 0.3) is 0 Å². The molecule has 1 N–H and O–H groups in total. The smallest absolute Gasteiger partial charge is 0.221 e. The molecule has 0 aliphatic carbocycles. The molecule has 6 nitrogen and oxygen atoms in total. The summed E-state index contributed by atoms with van der Waals surface area (Å²) in [6.45, 7) is 3.95. The lowest BCUT2D eigenvalue weighted by molar-refractivity contribution is -0.129. The van der Waals surface area contributed by atoms with Crippen molar-refractivity contribution in [3.8, 4) is 5.75 Å². The lowest BCUT2D eigenvalue weighted by Gasteiger charge is -2.21. The molecule has 0 saturated heterocycles. The summed E-state index contributed by atoms with van der Waals surface area (Å²) in [5.74, 6) is 0.772. The zero-order valence-corrected chi connectivity index (χ0v) is 15.2. The monoisotopic (exact) mass is 335 g/mol. The quantitative estimate of drug-likeness (QED) is 0.697. The molecule has 0 unspecified atom stereocenters. The van der Waals surface area contributed by atoms with Crippen molar-refractivity contribution in [1.29, 1.82) is 0 Å². The maximum absolute atomic E-state index is 11.8. The Hall–Kier alpha value is -2.08. The number of likely N-dealkylation sites (N-methyl/N-ethyl adjacent to an activating group) is 1. The van der Waals surface area contributed by atoms with Crippen LogP contribution < -0.4 is 10.1 Å². The minimum absolute atomic E-state index is 0.0222. The number of amides is 2. The predicted molar refractivity (Wildman–Crippen MR) is 95.1 cm³/mol. The van der Waals surface area contributed by atoms with E-state index in [9.17, 15) is 9.59 Å². The van der Waals surface area contributed by atoms with Crippen molar-refractivity contribution in [2.75, 3.05) is 47.4 Å². The Balaban J connectivity index is 2.44. The summed E-state index contributed by atoms with van der Waals surface area (Å²) in [5.41, 5.74) is 1.06. The van der Waals surface area contributed by atoms with Crippen LogP contribution in [0.4, 0.5) is 0 Å². The van der Waals surface area contributed by atoms with Crippen molar-refractivity contribution in [1.82, 2.24) is 15.1 Å². The molecule has 0 atom stereocenters. The standard InChI is InChI=1S/C18H29N3O3/c1-15(22)21(13-10-18(23)19-11-14-20(2)3)12-9-16-7-5-6-8-17(16)24-4/h5-8H,9-14H2,1-4H3,(H,19,23). The summed E-state index contributed by atoms with van der Waals surface area (Å²) < 4.78 is 5.33. The normalized spacial score (nSPS) is 10.5. The van der Waals surface area contributed by atoms with Gasteiger partial charge in [0.05, 0.1) is 7.11 Å². The molecule has 0 bridgehead atoms. The third-order valence-electron chi connectivity index (χ3n) is 3.78. The minimum Gasteiger partial charge on any atom is -0.496 e. The van der Waals surface area contributed by atoms with Gasteiger partial charge >= 0.3 is 0 Å². The summed E-state index contributed by atoms with van der Waals surface area (Å²) >= 11 is 0. The molecule has 0 aliphatic rings.